The second-order valence-corrected chi connectivity index (χ2v) is 5.56. The molecule has 0 rings (SSSR count). The first-order valence-corrected chi connectivity index (χ1v) is 8.82. The maximum atomic E-state index is 11.3. The van der Waals surface area contributed by atoms with Crippen molar-refractivity contribution in [2.45, 2.75) is 58.4 Å². The Morgan fingerprint density at radius 3 is 1.58 bits per heavy atom. The van der Waals surface area contributed by atoms with Gasteiger partial charge in [-0.25, -0.2) is 0 Å². The third-order valence-corrected chi connectivity index (χ3v) is 3.09. The van der Waals surface area contributed by atoms with E-state index < -0.39 is 0 Å². The lowest BCUT2D eigenvalue weighted by atomic mass is 10.3. The molecule has 0 aromatic heterocycles. The second kappa shape index (κ2) is 16.7. The van der Waals surface area contributed by atoms with Gasteiger partial charge < -0.3 is 24.7 Å². The fourth-order valence-corrected chi connectivity index (χ4v) is 1.63. The molecule has 0 atom stereocenters. The number of ether oxygens (including phenoxy) is 4. The molecule has 0 saturated carbocycles. The second-order valence-electron chi connectivity index (χ2n) is 5.56. The van der Waals surface area contributed by atoms with E-state index in [0.717, 1.165) is 25.7 Å². The summed E-state index contributed by atoms with van der Waals surface area (Å²) in [5.41, 5.74) is 5.82. The lowest BCUT2D eigenvalue weighted by Crippen LogP contribution is -2.32. The molecule has 0 aromatic carbocycles. The fraction of sp³-hybridized carbons (Fsp3) is 0.882. The van der Waals surface area contributed by atoms with Crippen molar-refractivity contribution in [3.63, 3.8) is 0 Å². The molecule has 142 valence electrons. The Morgan fingerprint density at radius 1 is 0.792 bits per heavy atom. The minimum atomic E-state index is -0.294. The van der Waals surface area contributed by atoms with Gasteiger partial charge in [0.2, 0.25) is 0 Å². The van der Waals surface area contributed by atoms with Gasteiger partial charge in [0, 0.05) is 0 Å². The number of nitrogens with two attached hydrogens (primary N) is 1. The molecule has 0 aliphatic carbocycles. The summed E-state index contributed by atoms with van der Waals surface area (Å²) in [6.07, 6.45) is 4.19. The zero-order valence-corrected chi connectivity index (χ0v) is 15.1. The molecular weight excluding hydrogens is 314 g/mol. The number of carbonyl (C=O) groups excluding carboxylic acids is 2. The zero-order valence-electron chi connectivity index (χ0n) is 15.1. The summed E-state index contributed by atoms with van der Waals surface area (Å²) in [7, 11) is 0. The average Bonchev–Trinajstić information content (AvgIpc) is 2.56. The molecule has 0 unspecified atom stereocenters. The van der Waals surface area contributed by atoms with Crippen molar-refractivity contribution >= 4 is 11.9 Å². The van der Waals surface area contributed by atoms with Crippen molar-refractivity contribution in [3.8, 4) is 0 Å². The summed E-state index contributed by atoms with van der Waals surface area (Å²) in [6.45, 7) is 6.15. The fourth-order valence-electron chi connectivity index (χ4n) is 1.63. The average molecular weight is 347 g/mol. The normalized spacial score (nSPS) is 10.8. The SMILES string of the molecule is CCCCOC(=O)CCOCC(N)COCCC(=O)OCCCC. The monoisotopic (exact) mass is 347 g/mol. The third-order valence-electron chi connectivity index (χ3n) is 3.09. The van der Waals surface area contributed by atoms with Crippen molar-refractivity contribution < 1.29 is 28.5 Å². The van der Waals surface area contributed by atoms with E-state index in [0.29, 0.717) is 26.4 Å². The van der Waals surface area contributed by atoms with Crippen molar-refractivity contribution in [2.75, 3.05) is 39.6 Å². The summed E-state index contributed by atoms with van der Waals surface area (Å²) in [5.74, 6) is -0.510. The number of hydrogen-bond donors (Lipinski definition) is 1. The van der Waals surface area contributed by atoms with Crippen LogP contribution in [0, 0.1) is 0 Å². The highest BCUT2D eigenvalue weighted by Crippen LogP contribution is 1.95. The lowest BCUT2D eigenvalue weighted by molar-refractivity contribution is -0.145. The van der Waals surface area contributed by atoms with Gasteiger partial charge in [0.25, 0.3) is 0 Å². The molecule has 0 fully saturated rings. The van der Waals surface area contributed by atoms with E-state index in [2.05, 4.69) is 0 Å². The minimum absolute atomic E-state index is 0.223. The standard InChI is InChI=1S/C17H33NO6/c1-3-5-9-23-16(19)7-11-21-13-15(18)14-22-12-8-17(20)24-10-6-4-2/h15H,3-14,18H2,1-2H3. The van der Waals surface area contributed by atoms with E-state index in [1.165, 1.54) is 0 Å². The summed E-state index contributed by atoms with van der Waals surface area (Å²) >= 11 is 0. The summed E-state index contributed by atoms with van der Waals surface area (Å²) < 4.78 is 20.7. The topological polar surface area (TPSA) is 97.1 Å². The van der Waals surface area contributed by atoms with Crippen LogP contribution in [-0.2, 0) is 28.5 Å². The third kappa shape index (κ3) is 15.7. The van der Waals surface area contributed by atoms with Crippen LogP contribution in [0.3, 0.4) is 0 Å². The predicted molar refractivity (Wildman–Crippen MR) is 90.6 cm³/mol. The summed E-state index contributed by atoms with van der Waals surface area (Å²) in [4.78, 5) is 22.7. The molecule has 0 aliphatic heterocycles. The molecule has 2 N–H and O–H groups in total. The lowest BCUT2D eigenvalue weighted by Gasteiger charge is -2.12. The highest BCUT2D eigenvalue weighted by atomic mass is 16.5. The smallest absolute Gasteiger partial charge is 0.308 e. The van der Waals surface area contributed by atoms with Crippen molar-refractivity contribution in [1.29, 1.82) is 0 Å². The molecule has 0 heterocycles. The Balaban J connectivity index is 3.42. The molecule has 0 amide bonds. The minimum Gasteiger partial charge on any atom is -0.466 e. The maximum Gasteiger partial charge on any atom is 0.308 e. The summed E-state index contributed by atoms with van der Waals surface area (Å²) in [5, 5.41) is 0. The Kier molecular flexibility index (Phi) is 15.9. The molecule has 0 aromatic rings. The largest absolute Gasteiger partial charge is 0.466 e. The molecule has 7 heteroatoms. The Morgan fingerprint density at radius 2 is 1.21 bits per heavy atom. The van der Waals surface area contributed by atoms with Gasteiger partial charge in [0.1, 0.15) is 0 Å². The van der Waals surface area contributed by atoms with Crippen LogP contribution >= 0.6 is 0 Å². The maximum absolute atomic E-state index is 11.3. The Bertz CT molecular complexity index is 294. The van der Waals surface area contributed by atoms with Crippen molar-refractivity contribution in [1.82, 2.24) is 0 Å². The first kappa shape index (κ1) is 22.8. The first-order valence-electron chi connectivity index (χ1n) is 8.82. The molecule has 0 bridgehead atoms. The van der Waals surface area contributed by atoms with Gasteiger partial charge in [-0.1, -0.05) is 26.7 Å². The number of rotatable bonds is 16. The Hall–Kier alpha value is -1.18. The molecule has 7 nitrogen and oxygen atoms in total. The number of unbranched alkanes of at least 4 members (excludes halogenated alkanes) is 2. The Labute approximate surface area is 145 Å². The van der Waals surface area contributed by atoms with Crippen LogP contribution in [0.5, 0.6) is 0 Å². The van der Waals surface area contributed by atoms with Gasteiger partial charge in [-0.15, -0.1) is 0 Å². The molecule has 0 aliphatic rings. The molecule has 0 radical (unpaired) electrons. The van der Waals surface area contributed by atoms with Crippen LogP contribution in [0.25, 0.3) is 0 Å². The van der Waals surface area contributed by atoms with E-state index in [9.17, 15) is 9.59 Å². The quantitative estimate of drug-likeness (QED) is 0.336. The van der Waals surface area contributed by atoms with Gasteiger partial charge in [-0.3, -0.25) is 9.59 Å². The van der Waals surface area contributed by atoms with Crippen molar-refractivity contribution in [3.05, 3.63) is 0 Å². The number of esters is 2. The van der Waals surface area contributed by atoms with Crippen LogP contribution < -0.4 is 5.73 Å². The van der Waals surface area contributed by atoms with Gasteiger partial charge in [0.05, 0.1) is 58.5 Å². The van der Waals surface area contributed by atoms with Gasteiger partial charge in [-0.05, 0) is 12.8 Å². The van der Waals surface area contributed by atoms with E-state index in [1.807, 2.05) is 13.8 Å². The van der Waals surface area contributed by atoms with Crippen molar-refractivity contribution in [2.24, 2.45) is 5.73 Å². The van der Waals surface area contributed by atoms with Crippen LogP contribution in [0.1, 0.15) is 52.4 Å². The van der Waals surface area contributed by atoms with E-state index in [4.69, 9.17) is 24.7 Å². The zero-order chi connectivity index (χ0) is 18.0. The molecule has 0 spiro atoms. The van der Waals surface area contributed by atoms with E-state index in [-0.39, 0.29) is 44.0 Å². The van der Waals surface area contributed by atoms with Crippen LogP contribution in [0.4, 0.5) is 0 Å². The van der Waals surface area contributed by atoms with Gasteiger partial charge >= 0.3 is 11.9 Å². The van der Waals surface area contributed by atoms with Gasteiger partial charge in [0.15, 0.2) is 0 Å². The predicted octanol–water partition coefficient (Wildman–Crippen LogP) is 1.81. The van der Waals surface area contributed by atoms with E-state index >= 15 is 0 Å². The number of carbonyl (C=O) groups is 2. The summed E-state index contributed by atoms with van der Waals surface area (Å²) in [6, 6.07) is -0.294. The molecular formula is C17H33NO6. The molecule has 24 heavy (non-hydrogen) atoms. The van der Waals surface area contributed by atoms with Gasteiger partial charge in [-0.2, -0.15) is 0 Å². The highest BCUT2D eigenvalue weighted by molar-refractivity contribution is 5.69. The molecule has 0 saturated heterocycles. The first-order chi connectivity index (χ1) is 11.6. The van der Waals surface area contributed by atoms with Crippen LogP contribution in [0.2, 0.25) is 0 Å². The van der Waals surface area contributed by atoms with Crippen LogP contribution in [-0.4, -0.2) is 57.6 Å². The highest BCUT2D eigenvalue weighted by Gasteiger charge is 2.07. The van der Waals surface area contributed by atoms with E-state index in [1.54, 1.807) is 0 Å². The number of hydrogen-bond acceptors (Lipinski definition) is 7. The van der Waals surface area contributed by atoms with Crippen LogP contribution in [0.15, 0.2) is 0 Å².